The molecule has 1 aliphatic rings. The van der Waals surface area contributed by atoms with Crippen molar-refractivity contribution in [2.75, 3.05) is 0 Å². The Kier molecular flexibility index (Phi) is 0.957. The maximum absolute atomic E-state index is 11.7. The van der Waals surface area contributed by atoms with Gasteiger partial charge in [-0.3, -0.25) is 4.79 Å². The summed E-state index contributed by atoms with van der Waals surface area (Å²) in [6.45, 7) is 0. The first-order chi connectivity index (χ1) is 3.64. The van der Waals surface area contributed by atoms with E-state index in [1.54, 1.807) is 0 Å². The second-order valence-electron chi connectivity index (χ2n) is 1.75. The zero-order valence-electron chi connectivity index (χ0n) is 3.84. The molecule has 0 spiro atoms. The fraction of sp³-hybridized carbons (Fsp3) is 0.750. The van der Waals surface area contributed by atoms with Gasteiger partial charge >= 0.3 is 5.97 Å². The maximum Gasteiger partial charge on any atom is 0.312 e. The molecule has 8 heavy (non-hydrogen) atoms. The molecule has 0 saturated heterocycles. The highest BCUT2D eigenvalue weighted by molar-refractivity contribution is 5.75. The van der Waals surface area contributed by atoms with Crippen molar-refractivity contribution in [3.8, 4) is 0 Å². The van der Waals surface area contributed by atoms with Crippen LogP contribution in [0, 0.1) is 5.92 Å². The highest BCUT2D eigenvalue weighted by atomic mass is 19.2. The Hall–Kier alpha value is -0.670. The number of hydrogen-bond donors (Lipinski definition) is 1. The van der Waals surface area contributed by atoms with E-state index in [0.29, 0.717) is 0 Å². The van der Waals surface area contributed by atoms with E-state index in [1.165, 1.54) is 0 Å². The van der Waals surface area contributed by atoms with Gasteiger partial charge in [0.25, 0.3) is 0 Å². The first-order valence-electron chi connectivity index (χ1n) is 2.15. The van der Waals surface area contributed by atoms with Crippen molar-refractivity contribution in [1.29, 1.82) is 0 Å². The molecule has 1 fully saturated rings. The van der Waals surface area contributed by atoms with E-state index >= 15 is 0 Å². The van der Waals surface area contributed by atoms with Crippen LogP contribution in [0.1, 0.15) is 0 Å². The minimum Gasteiger partial charge on any atom is -0.481 e. The highest BCUT2D eigenvalue weighted by Crippen LogP contribution is 2.37. The highest BCUT2D eigenvalue weighted by Gasteiger charge is 2.57. The molecule has 0 aromatic rings. The molecule has 4 heteroatoms. The molecule has 0 aromatic carbocycles. The van der Waals surface area contributed by atoms with Gasteiger partial charge in [0.15, 0.2) is 0 Å². The minimum atomic E-state index is -1.76. The summed E-state index contributed by atoms with van der Waals surface area (Å²) in [4.78, 5) is 9.70. The lowest BCUT2D eigenvalue weighted by Crippen LogP contribution is -2.00. The van der Waals surface area contributed by atoms with Gasteiger partial charge in [-0.1, -0.05) is 0 Å². The Morgan fingerprint density at radius 3 is 1.75 bits per heavy atom. The zero-order valence-corrected chi connectivity index (χ0v) is 3.84. The summed E-state index contributed by atoms with van der Waals surface area (Å²) in [5.41, 5.74) is 0. The number of halogens is 2. The Balaban J connectivity index is 2.44. The fourth-order valence-electron chi connectivity index (χ4n) is 0.512. The molecule has 0 amide bonds. The van der Waals surface area contributed by atoms with Crippen molar-refractivity contribution in [3.05, 3.63) is 0 Å². The number of hydrogen-bond acceptors (Lipinski definition) is 1. The lowest BCUT2D eigenvalue weighted by atomic mass is 10.4. The Morgan fingerprint density at radius 1 is 1.38 bits per heavy atom. The quantitative estimate of drug-likeness (QED) is 0.545. The maximum atomic E-state index is 11.7. The first-order valence-corrected chi connectivity index (χ1v) is 2.15. The molecular weight excluding hydrogens is 118 g/mol. The molecule has 2 atom stereocenters. The van der Waals surface area contributed by atoms with Gasteiger partial charge in [0.2, 0.25) is 0 Å². The summed E-state index contributed by atoms with van der Waals surface area (Å²) in [7, 11) is 0. The molecule has 1 aliphatic carbocycles. The van der Waals surface area contributed by atoms with E-state index in [0.717, 1.165) is 0 Å². The smallest absolute Gasteiger partial charge is 0.312 e. The van der Waals surface area contributed by atoms with Gasteiger partial charge in [0.05, 0.1) is 0 Å². The molecule has 0 aliphatic heterocycles. The van der Waals surface area contributed by atoms with Gasteiger partial charge in [-0.05, 0) is 0 Å². The van der Waals surface area contributed by atoms with Gasteiger partial charge in [0, 0.05) is 0 Å². The van der Waals surface area contributed by atoms with Crippen LogP contribution in [0.4, 0.5) is 8.78 Å². The second kappa shape index (κ2) is 1.40. The van der Waals surface area contributed by atoms with Crippen molar-refractivity contribution in [2.24, 2.45) is 5.92 Å². The number of carboxylic acid groups (broad SMARTS) is 1. The summed E-state index contributed by atoms with van der Waals surface area (Å²) >= 11 is 0. The number of rotatable bonds is 1. The van der Waals surface area contributed by atoms with E-state index in [9.17, 15) is 13.6 Å². The number of carbonyl (C=O) groups is 1. The van der Waals surface area contributed by atoms with E-state index in [1.807, 2.05) is 0 Å². The second-order valence-corrected chi connectivity index (χ2v) is 1.75. The van der Waals surface area contributed by atoms with Crippen LogP contribution < -0.4 is 0 Å². The van der Waals surface area contributed by atoms with E-state index in [-0.39, 0.29) is 0 Å². The van der Waals surface area contributed by atoms with Gasteiger partial charge in [-0.25, -0.2) is 8.78 Å². The van der Waals surface area contributed by atoms with Gasteiger partial charge in [0.1, 0.15) is 18.3 Å². The predicted octanol–water partition coefficient (Wildman–Crippen LogP) is 0.377. The van der Waals surface area contributed by atoms with E-state index in [4.69, 9.17) is 5.11 Å². The van der Waals surface area contributed by atoms with E-state index in [2.05, 4.69) is 0 Å². The Morgan fingerprint density at radius 2 is 1.75 bits per heavy atom. The van der Waals surface area contributed by atoms with Crippen LogP contribution >= 0.6 is 0 Å². The third kappa shape index (κ3) is 0.562. The minimum absolute atomic E-state index is 1.38. The van der Waals surface area contributed by atoms with Crippen LogP contribution in [0.15, 0.2) is 0 Å². The Labute approximate surface area is 44.1 Å². The van der Waals surface area contributed by atoms with Gasteiger partial charge < -0.3 is 5.11 Å². The summed E-state index contributed by atoms with van der Waals surface area (Å²) in [6, 6.07) is 0. The predicted molar refractivity (Wildman–Crippen MR) is 20.9 cm³/mol. The van der Waals surface area contributed by atoms with Crippen molar-refractivity contribution in [1.82, 2.24) is 0 Å². The molecule has 1 saturated carbocycles. The van der Waals surface area contributed by atoms with Crippen molar-refractivity contribution < 1.29 is 18.7 Å². The van der Waals surface area contributed by atoms with Gasteiger partial charge in [-0.15, -0.1) is 0 Å². The summed E-state index contributed by atoms with van der Waals surface area (Å²) in [5.74, 6) is -2.76. The van der Waals surface area contributed by atoms with Crippen molar-refractivity contribution >= 4 is 5.97 Å². The molecular formula is C4H4F2O2. The van der Waals surface area contributed by atoms with Crippen LogP contribution in [-0.2, 0) is 4.79 Å². The monoisotopic (exact) mass is 122 g/mol. The number of carboxylic acids is 1. The fourth-order valence-corrected chi connectivity index (χ4v) is 0.512. The molecule has 1 rings (SSSR count). The first kappa shape index (κ1) is 5.47. The standard InChI is InChI=1S/C4H4F2O2/c5-2-1(3(2)6)4(7)8/h1-3H,(H,7,8). The molecule has 46 valence electrons. The molecule has 2 nitrogen and oxygen atoms in total. The topological polar surface area (TPSA) is 37.3 Å². The van der Waals surface area contributed by atoms with Crippen LogP contribution in [0.25, 0.3) is 0 Å². The van der Waals surface area contributed by atoms with Crippen LogP contribution in [0.2, 0.25) is 0 Å². The lowest BCUT2D eigenvalue weighted by molar-refractivity contribution is -0.139. The normalized spacial score (nSPS) is 44.0. The molecule has 0 bridgehead atoms. The summed E-state index contributed by atoms with van der Waals surface area (Å²) in [6.07, 6.45) is -3.51. The van der Waals surface area contributed by atoms with Crippen molar-refractivity contribution in [2.45, 2.75) is 12.3 Å². The van der Waals surface area contributed by atoms with Crippen LogP contribution in [0.3, 0.4) is 0 Å². The average Bonchev–Trinajstić information content (AvgIpc) is 2.15. The molecule has 0 heterocycles. The summed E-state index contributed by atoms with van der Waals surface area (Å²) in [5, 5.41) is 7.91. The lowest BCUT2D eigenvalue weighted by Gasteiger charge is -1.77. The van der Waals surface area contributed by atoms with E-state index < -0.39 is 24.2 Å². The molecule has 2 unspecified atom stereocenters. The van der Waals surface area contributed by atoms with Gasteiger partial charge in [-0.2, -0.15) is 0 Å². The van der Waals surface area contributed by atoms with Crippen LogP contribution in [-0.4, -0.2) is 23.4 Å². The molecule has 0 radical (unpaired) electrons. The zero-order chi connectivity index (χ0) is 6.31. The number of alkyl halides is 2. The van der Waals surface area contributed by atoms with Crippen molar-refractivity contribution in [3.63, 3.8) is 0 Å². The third-order valence-electron chi connectivity index (χ3n) is 1.13. The SMILES string of the molecule is O=C(O)C1C(F)C1F. The van der Waals surface area contributed by atoms with Crippen LogP contribution in [0.5, 0.6) is 0 Å². The third-order valence-corrected chi connectivity index (χ3v) is 1.13. The largest absolute Gasteiger partial charge is 0.481 e. The molecule has 1 N–H and O–H groups in total. The average molecular weight is 122 g/mol. The number of aliphatic carboxylic acids is 1. The Bertz CT molecular complexity index is 117. The summed E-state index contributed by atoms with van der Waals surface area (Å²) < 4.78 is 23.3. The molecule has 0 aromatic heterocycles.